The van der Waals surface area contributed by atoms with E-state index in [2.05, 4.69) is 10.1 Å². The largest absolute Gasteiger partial charge is 0.488 e. The van der Waals surface area contributed by atoms with E-state index in [1.807, 2.05) is 6.08 Å². The van der Waals surface area contributed by atoms with Gasteiger partial charge in [0.25, 0.3) is 5.89 Å². The molecule has 0 saturated heterocycles. The highest BCUT2D eigenvalue weighted by atomic mass is 35.5. The van der Waals surface area contributed by atoms with Crippen molar-refractivity contribution in [3.05, 3.63) is 64.5 Å². The number of hydrogen-bond donors (Lipinski definition) is 0. The first-order valence-electron chi connectivity index (χ1n) is 7.55. The molecule has 4 nitrogen and oxygen atoms in total. The summed E-state index contributed by atoms with van der Waals surface area (Å²) in [6.07, 6.45) is -2.56. The Labute approximate surface area is 150 Å². The van der Waals surface area contributed by atoms with Crippen LogP contribution in [-0.4, -0.2) is 16.7 Å². The summed E-state index contributed by atoms with van der Waals surface area (Å²) < 4.78 is 48.8. The average molecular weight is 379 g/mol. The fourth-order valence-electron chi connectivity index (χ4n) is 2.55. The van der Waals surface area contributed by atoms with Gasteiger partial charge in [-0.25, -0.2) is 0 Å². The summed E-state index contributed by atoms with van der Waals surface area (Å²) in [5.41, 5.74) is 1.13. The number of hydrogen-bond acceptors (Lipinski definition) is 4. The summed E-state index contributed by atoms with van der Waals surface area (Å²) in [7, 11) is 0. The van der Waals surface area contributed by atoms with Crippen LogP contribution in [0.25, 0.3) is 23.0 Å². The van der Waals surface area contributed by atoms with Gasteiger partial charge in [0, 0.05) is 16.1 Å². The van der Waals surface area contributed by atoms with Crippen LogP contribution in [-0.2, 0) is 6.18 Å². The molecule has 0 aliphatic carbocycles. The first-order chi connectivity index (χ1) is 12.4. The molecule has 4 rings (SSSR count). The minimum atomic E-state index is -4.39. The van der Waals surface area contributed by atoms with Crippen LogP contribution in [0, 0.1) is 0 Å². The number of rotatable bonds is 2. The van der Waals surface area contributed by atoms with Crippen LogP contribution in [0.1, 0.15) is 17.0 Å². The average Bonchev–Trinajstić information content (AvgIpc) is 3.10. The molecule has 0 atom stereocenters. The summed E-state index contributed by atoms with van der Waals surface area (Å²) >= 11 is 5.98. The van der Waals surface area contributed by atoms with Gasteiger partial charge < -0.3 is 9.26 Å². The molecule has 132 valence electrons. The molecule has 2 heterocycles. The fraction of sp³-hybridized carbons (Fsp3) is 0.111. The lowest BCUT2D eigenvalue weighted by atomic mass is 10.1. The van der Waals surface area contributed by atoms with E-state index in [-0.39, 0.29) is 18.3 Å². The molecule has 1 aliphatic rings. The highest BCUT2D eigenvalue weighted by Crippen LogP contribution is 2.33. The molecule has 8 heteroatoms. The first-order valence-corrected chi connectivity index (χ1v) is 7.92. The van der Waals surface area contributed by atoms with E-state index in [0.717, 1.165) is 17.7 Å². The van der Waals surface area contributed by atoms with Gasteiger partial charge in [0.05, 0.1) is 11.1 Å². The molecule has 0 bridgehead atoms. The monoisotopic (exact) mass is 378 g/mol. The van der Waals surface area contributed by atoms with Crippen LogP contribution in [0.2, 0.25) is 5.02 Å². The minimum Gasteiger partial charge on any atom is -0.488 e. The van der Waals surface area contributed by atoms with E-state index < -0.39 is 11.7 Å². The summed E-state index contributed by atoms with van der Waals surface area (Å²) in [6.45, 7) is 0.239. The molecule has 0 amide bonds. The van der Waals surface area contributed by atoms with Crippen molar-refractivity contribution in [2.45, 2.75) is 6.18 Å². The molecule has 0 spiro atoms. The third-order valence-corrected chi connectivity index (χ3v) is 4.09. The molecule has 0 unspecified atom stereocenters. The number of aromatic nitrogens is 2. The second-order valence-corrected chi connectivity index (χ2v) is 6.08. The number of benzene rings is 2. The predicted molar refractivity (Wildman–Crippen MR) is 89.6 cm³/mol. The van der Waals surface area contributed by atoms with Crippen LogP contribution < -0.4 is 4.74 Å². The lowest BCUT2D eigenvalue weighted by Gasteiger charge is -2.15. The van der Waals surface area contributed by atoms with Crippen molar-refractivity contribution in [2.24, 2.45) is 0 Å². The van der Waals surface area contributed by atoms with E-state index >= 15 is 0 Å². The predicted octanol–water partition coefficient (Wildman–Crippen LogP) is 5.34. The van der Waals surface area contributed by atoms with E-state index in [0.29, 0.717) is 21.9 Å². The van der Waals surface area contributed by atoms with Gasteiger partial charge in [0.15, 0.2) is 0 Å². The zero-order chi connectivity index (χ0) is 18.3. The van der Waals surface area contributed by atoms with Gasteiger partial charge in [-0.05, 0) is 36.4 Å². The summed E-state index contributed by atoms with van der Waals surface area (Å²) in [6, 6.07) is 9.82. The van der Waals surface area contributed by atoms with Gasteiger partial charge in [-0.15, -0.1) is 0 Å². The Bertz CT molecular complexity index is 994. The van der Waals surface area contributed by atoms with Gasteiger partial charge in [-0.2, -0.15) is 18.2 Å². The van der Waals surface area contributed by atoms with Crippen molar-refractivity contribution >= 4 is 23.3 Å². The van der Waals surface area contributed by atoms with Gasteiger partial charge in [-0.3, -0.25) is 0 Å². The zero-order valence-corrected chi connectivity index (χ0v) is 13.8. The Kier molecular flexibility index (Phi) is 3.96. The second kappa shape index (κ2) is 6.17. The standard InChI is InChI=1S/C18H10ClF3N2O2/c19-14-5-6-15-11(8-14)7-12(9-25-15)17-23-16(24-26-17)10-1-3-13(4-2-10)18(20,21)22/h1-8H,9H2. The van der Waals surface area contributed by atoms with Gasteiger partial charge in [-0.1, -0.05) is 28.9 Å². The van der Waals surface area contributed by atoms with Crippen molar-refractivity contribution in [3.63, 3.8) is 0 Å². The highest BCUT2D eigenvalue weighted by Gasteiger charge is 2.30. The van der Waals surface area contributed by atoms with Crippen LogP contribution in [0.5, 0.6) is 5.75 Å². The normalized spacial score (nSPS) is 13.8. The van der Waals surface area contributed by atoms with Crippen LogP contribution in [0.3, 0.4) is 0 Å². The molecule has 0 saturated carbocycles. The van der Waals surface area contributed by atoms with Crippen LogP contribution >= 0.6 is 11.6 Å². The molecule has 0 fully saturated rings. The van der Waals surface area contributed by atoms with Gasteiger partial charge in [0.1, 0.15) is 12.4 Å². The Hall–Kier alpha value is -2.80. The molecular weight excluding hydrogens is 369 g/mol. The van der Waals surface area contributed by atoms with E-state index in [1.165, 1.54) is 12.1 Å². The maximum Gasteiger partial charge on any atom is 0.416 e. The van der Waals surface area contributed by atoms with Gasteiger partial charge >= 0.3 is 6.18 Å². The van der Waals surface area contributed by atoms with E-state index in [1.54, 1.807) is 18.2 Å². The minimum absolute atomic E-state index is 0.200. The number of nitrogens with zero attached hydrogens (tertiary/aromatic N) is 2. The molecule has 3 aromatic rings. The van der Waals surface area contributed by atoms with Gasteiger partial charge in [0.2, 0.25) is 5.82 Å². The smallest absolute Gasteiger partial charge is 0.416 e. The lowest BCUT2D eigenvalue weighted by molar-refractivity contribution is -0.137. The summed E-state index contributed by atoms with van der Waals surface area (Å²) in [5.74, 6) is 1.14. The first kappa shape index (κ1) is 16.7. The molecule has 2 aromatic carbocycles. The Balaban J connectivity index is 1.63. The second-order valence-electron chi connectivity index (χ2n) is 5.64. The van der Waals surface area contributed by atoms with Crippen molar-refractivity contribution in [2.75, 3.05) is 6.61 Å². The lowest BCUT2D eigenvalue weighted by Crippen LogP contribution is -2.06. The molecule has 26 heavy (non-hydrogen) atoms. The quantitative estimate of drug-likeness (QED) is 0.603. The molecular formula is C18H10ClF3N2O2. The number of alkyl halides is 3. The molecule has 1 aromatic heterocycles. The van der Waals surface area contributed by atoms with Crippen molar-refractivity contribution < 1.29 is 22.4 Å². The number of ether oxygens (including phenoxy) is 1. The van der Waals surface area contributed by atoms with Crippen molar-refractivity contribution in [1.82, 2.24) is 10.1 Å². The topological polar surface area (TPSA) is 48.2 Å². The Morgan fingerprint density at radius 3 is 2.54 bits per heavy atom. The third-order valence-electron chi connectivity index (χ3n) is 3.86. The SMILES string of the molecule is FC(F)(F)c1ccc(-c2noc(C3=Cc4cc(Cl)ccc4OC3)n2)cc1. The number of fused-ring (bicyclic) bond motifs is 1. The summed E-state index contributed by atoms with van der Waals surface area (Å²) in [5, 5.41) is 4.41. The van der Waals surface area contributed by atoms with Crippen molar-refractivity contribution in [3.8, 4) is 17.1 Å². The van der Waals surface area contributed by atoms with Crippen LogP contribution in [0.15, 0.2) is 47.0 Å². The molecule has 0 N–H and O–H groups in total. The van der Waals surface area contributed by atoms with Crippen LogP contribution in [0.4, 0.5) is 13.2 Å². The maximum absolute atomic E-state index is 12.6. The Morgan fingerprint density at radius 1 is 1.04 bits per heavy atom. The number of halogens is 4. The highest BCUT2D eigenvalue weighted by molar-refractivity contribution is 6.30. The van der Waals surface area contributed by atoms with Crippen molar-refractivity contribution in [1.29, 1.82) is 0 Å². The summed E-state index contributed by atoms with van der Waals surface area (Å²) in [4.78, 5) is 4.25. The molecule has 0 radical (unpaired) electrons. The fourth-order valence-corrected chi connectivity index (χ4v) is 2.73. The Morgan fingerprint density at radius 2 is 1.81 bits per heavy atom. The zero-order valence-electron chi connectivity index (χ0n) is 13.0. The van der Waals surface area contributed by atoms with E-state index in [4.69, 9.17) is 20.9 Å². The molecule has 1 aliphatic heterocycles. The maximum atomic E-state index is 12.6. The third kappa shape index (κ3) is 3.17. The van der Waals surface area contributed by atoms with E-state index in [9.17, 15) is 13.2 Å².